The molecule has 1 heterocycles. The summed E-state index contributed by atoms with van der Waals surface area (Å²) in [5.41, 5.74) is 1.03. The third-order valence-electron chi connectivity index (χ3n) is 2.72. The second kappa shape index (κ2) is 7.10. The number of halogens is 2. The van der Waals surface area contributed by atoms with Crippen LogP contribution in [0.5, 0.6) is 0 Å². The van der Waals surface area contributed by atoms with Crippen LogP contribution < -0.4 is 5.32 Å². The smallest absolute Gasteiger partial charge is 0.0991 e. The van der Waals surface area contributed by atoms with Crippen LogP contribution in [0.3, 0.4) is 0 Å². The van der Waals surface area contributed by atoms with Gasteiger partial charge in [-0.05, 0) is 31.5 Å². The van der Waals surface area contributed by atoms with Crippen molar-refractivity contribution in [2.75, 3.05) is 12.8 Å². The Labute approximate surface area is 119 Å². The zero-order valence-corrected chi connectivity index (χ0v) is 13.3. The van der Waals surface area contributed by atoms with Gasteiger partial charge in [-0.2, -0.15) is 0 Å². The standard InChI is InChI=1S/C11H17Cl2NOS2/c1-7(17(3)15)4-5-14-8(2)9-6-10(12)16-11(9)13/h6-8,14H,4-5H2,1-3H3. The van der Waals surface area contributed by atoms with E-state index >= 15 is 0 Å². The molecule has 0 spiro atoms. The lowest BCUT2D eigenvalue weighted by molar-refractivity contribution is 0.555. The second-order valence-electron chi connectivity index (χ2n) is 4.05. The van der Waals surface area contributed by atoms with E-state index in [-0.39, 0.29) is 11.3 Å². The molecule has 3 unspecified atom stereocenters. The molecule has 0 fully saturated rings. The molecule has 1 N–H and O–H groups in total. The zero-order valence-electron chi connectivity index (χ0n) is 10.1. The van der Waals surface area contributed by atoms with Crippen molar-refractivity contribution in [2.24, 2.45) is 0 Å². The van der Waals surface area contributed by atoms with Crippen LogP contribution in [0, 0.1) is 0 Å². The van der Waals surface area contributed by atoms with Gasteiger partial charge in [0.1, 0.15) is 0 Å². The van der Waals surface area contributed by atoms with Gasteiger partial charge in [0, 0.05) is 28.3 Å². The molecule has 17 heavy (non-hydrogen) atoms. The van der Waals surface area contributed by atoms with E-state index in [1.54, 1.807) is 6.26 Å². The van der Waals surface area contributed by atoms with E-state index in [4.69, 9.17) is 23.2 Å². The third-order valence-corrected chi connectivity index (χ3v) is 5.60. The van der Waals surface area contributed by atoms with Crippen LogP contribution in [-0.4, -0.2) is 22.3 Å². The molecule has 0 radical (unpaired) electrons. The summed E-state index contributed by atoms with van der Waals surface area (Å²) in [6.07, 6.45) is 2.63. The van der Waals surface area contributed by atoms with Crippen LogP contribution in [0.1, 0.15) is 31.9 Å². The fourth-order valence-electron chi connectivity index (χ4n) is 1.43. The molecule has 1 rings (SSSR count). The molecule has 1 aromatic heterocycles. The fraction of sp³-hybridized carbons (Fsp3) is 0.636. The minimum Gasteiger partial charge on any atom is -0.310 e. The van der Waals surface area contributed by atoms with Crippen LogP contribution in [0.4, 0.5) is 0 Å². The Hall–Kier alpha value is 0.390. The molecule has 6 heteroatoms. The lowest BCUT2D eigenvalue weighted by Gasteiger charge is -2.15. The largest absolute Gasteiger partial charge is 0.310 e. The van der Waals surface area contributed by atoms with Gasteiger partial charge in [0.2, 0.25) is 0 Å². The minimum atomic E-state index is -0.755. The van der Waals surface area contributed by atoms with Gasteiger partial charge in [-0.1, -0.05) is 30.1 Å². The maximum absolute atomic E-state index is 11.2. The van der Waals surface area contributed by atoms with Crippen LogP contribution in [0.2, 0.25) is 8.67 Å². The molecule has 0 saturated carbocycles. The van der Waals surface area contributed by atoms with Gasteiger partial charge in [0.25, 0.3) is 0 Å². The van der Waals surface area contributed by atoms with E-state index < -0.39 is 10.8 Å². The monoisotopic (exact) mass is 313 g/mol. The van der Waals surface area contributed by atoms with Gasteiger partial charge >= 0.3 is 0 Å². The van der Waals surface area contributed by atoms with E-state index in [9.17, 15) is 4.21 Å². The van der Waals surface area contributed by atoms with Gasteiger partial charge in [0.05, 0.1) is 8.67 Å². The number of hydrogen-bond donors (Lipinski definition) is 1. The van der Waals surface area contributed by atoms with Crippen LogP contribution in [0.25, 0.3) is 0 Å². The first-order valence-corrected chi connectivity index (χ1v) is 8.61. The Balaban J connectivity index is 2.42. The minimum absolute atomic E-state index is 0.170. The molecular formula is C11H17Cl2NOS2. The van der Waals surface area contributed by atoms with Gasteiger partial charge in [-0.3, -0.25) is 4.21 Å². The van der Waals surface area contributed by atoms with Crippen LogP contribution in [0.15, 0.2) is 6.07 Å². The molecule has 0 aromatic carbocycles. The van der Waals surface area contributed by atoms with E-state index in [0.29, 0.717) is 4.34 Å². The Kier molecular flexibility index (Phi) is 6.45. The highest BCUT2D eigenvalue weighted by Gasteiger charge is 2.13. The quantitative estimate of drug-likeness (QED) is 0.864. The molecular weight excluding hydrogens is 297 g/mol. The number of hydrogen-bond acceptors (Lipinski definition) is 3. The summed E-state index contributed by atoms with van der Waals surface area (Å²) < 4.78 is 12.6. The lowest BCUT2D eigenvalue weighted by Crippen LogP contribution is -2.23. The SMILES string of the molecule is CC(NCCC(C)S(C)=O)c1cc(Cl)sc1Cl. The first-order valence-electron chi connectivity index (χ1n) is 5.42. The molecule has 2 nitrogen and oxygen atoms in total. The zero-order chi connectivity index (χ0) is 13.0. The molecule has 0 aliphatic carbocycles. The Morgan fingerprint density at radius 2 is 2.12 bits per heavy atom. The van der Waals surface area contributed by atoms with Crippen molar-refractivity contribution in [1.82, 2.24) is 5.32 Å². The fourth-order valence-corrected chi connectivity index (χ4v) is 3.52. The second-order valence-corrected chi connectivity index (χ2v) is 8.14. The van der Waals surface area contributed by atoms with Crippen molar-refractivity contribution in [3.8, 4) is 0 Å². The normalized spacial score (nSPS) is 16.8. The maximum atomic E-state index is 11.2. The average Bonchev–Trinajstić information content (AvgIpc) is 2.57. The maximum Gasteiger partial charge on any atom is 0.0991 e. The average molecular weight is 314 g/mol. The van der Waals surface area contributed by atoms with E-state index in [2.05, 4.69) is 12.2 Å². The molecule has 3 atom stereocenters. The van der Waals surface area contributed by atoms with Crippen molar-refractivity contribution in [3.63, 3.8) is 0 Å². The predicted octanol–water partition coefficient (Wildman–Crippen LogP) is 3.86. The molecule has 98 valence electrons. The van der Waals surface area contributed by atoms with E-state index in [0.717, 1.165) is 22.9 Å². The summed E-state index contributed by atoms with van der Waals surface area (Å²) >= 11 is 13.4. The van der Waals surface area contributed by atoms with Gasteiger partial charge in [-0.25, -0.2) is 0 Å². The first-order chi connectivity index (χ1) is 7.91. The van der Waals surface area contributed by atoms with Gasteiger partial charge in [0.15, 0.2) is 0 Å². The van der Waals surface area contributed by atoms with Crippen molar-refractivity contribution < 1.29 is 4.21 Å². The molecule has 0 bridgehead atoms. The summed E-state index contributed by atoms with van der Waals surface area (Å²) in [5.74, 6) is 0. The Bertz CT molecular complexity index is 395. The van der Waals surface area contributed by atoms with Gasteiger partial charge < -0.3 is 5.32 Å². The lowest BCUT2D eigenvalue weighted by atomic mass is 10.2. The number of thiophene rings is 1. The topological polar surface area (TPSA) is 29.1 Å². The summed E-state index contributed by atoms with van der Waals surface area (Å²) in [5, 5.41) is 3.59. The molecule has 0 amide bonds. The number of rotatable bonds is 6. The molecule has 0 saturated heterocycles. The highest BCUT2D eigenvalue weighted by atomic mass is 35.5. The predicted molar refractivity (Wildman–Crippen MR) is 78.9 cm³/mol. The van der Waals surface area contributed by atoms with Gasteiger partial charge in [-0.15, -0.1) is 11.3 Å². The van der Waals surface area contributed by atoms with Crippen molar-refractivity contribution >= 4 is 45.3 Å². The summed E-state index contributed by atoms with van der Waals surface area (Å²) in [6.45, 7) is 4.88. The molecule has 0 aliphatic heterocycles. The van der Waals surface area contributed by atoms with E-state index in [1.807, 2.05) is 13.0 Å². The summed E-state index contributed by atoms with van der Waals surface area (Å²) in [4.78, 5) is 0. The highest BCUT2D eigenvalue weighted by Crippen LogP contribution is 2.34. The Morgan fingerprint density at radius 3 is 2.59 bits per heavy atom. The molecule has 1 aromatic rings. The van der Waals surface area contributed by atoms with Crippen LogP contribution >= 0.6 is 34.5 Å². The summed E-state index contributed by atoms with van der Waals surface area (Å²) in [7, 11) is -0.755. The van der Waals surface area contributed by atoms with Crippen LogP contribution in [-0.2, 0) is 10.8 Å². The van der Waals surface area contributed by atoms with Crippen molar-refractivity contribution in [2.45, 2.75) is 31.6 Å². The molecule has 0 aliphatic rings. The highest BCUT2D eigenvalue weighted by molar-refractivity contribution is 7.84. The Morgan fingerprint density at radius 1 is 1.47 bits per heavy atom. The summed E-state index contributed by atoms with van der Waals surface area (Å²) in [6, 6.07) is 2.07. The van der Waals surface area contributed by atoms with Crippen molar-refractivity contribution in [1.29, 1.82) is 0 Å². The third kappa shape index (κ3) is 4.87. The first kappa shape index (κ1) is 15.4. The van der Waals surface area contributed by atoms with Crippen molar-refractivity contribution in [3.05, 3.63) is 20.3 Å². The van der Waals surface area contributed by atoms with E-state index in [1.165, 1.54) is 11.3 Å². The number of nitrogens with one attached hydrogen (secondary N) is 1.